The zero-order valence-electron chi connectivity index (χ0n) is 29.3. The summed E-state index contributed by atoms with van der Waals surface area (Å²) < 4.78 is 4.74. The molecule has 3 heterocycles. The van der Waals surface area contributed by atoms with Crippen molar-refractivity contribution >= 4 is 54.6 Å². The van der Waals surface area contributed by atoms with Crippen molar-refractivity contribution in [1.82, 2.24) is 19.1 Å². The van der Waals surface area contributed by atoms with Gasteiger partial charge in [0.15, 0.2) is 5.82 Å². The number of rotatable bonds is 5. The molecular weight excluding hydrogens is 657 g/mol. The van der Waals surface area contributed by atoms with E-state index in [9.17, 15) is 0 Å². The zero-order chi connectivity index (χ0) is 35.6. The van der Waals surface area contributed by atoms with E-state index in [-0.39, 0.29) is 0 Å². The first kappa shape index (κ1) is 30.3. The van der Waals surface area contributed by atoms with Gasteiger partial charge in [-0.2, -0.15) is 0 Å². The van der Waals surface area contributed by atoms with E-state index >= 15 is 0 Å². The third-order valence-electron chi connectivity index (χ3n) is 10.7. The molecule has 0 radical (unpaired) electrons. The second kappa shape index (κ2) is 12.1. The predicted octanol–water partition coefficient (Wildman–Crippen LogP) is 12.8. The average molecular weight is 689 g/mol. The maximum Gasteiger partial charge on any atom is 0.165 e. The van der Waals surface area contributed by atoms with Gasteiger partial charge in [-0.3, -0.25) is 4.57 Å². The van der Waals surface area contributed by atoms with Crippen molar-refractivity contribution in [3.8, 4) is 45.0 Å². The van der Waals surface area contributed by atoms with Crippen molar-refractivity contribution in [2.75, 3.05) is 0 Å². The molecule has 3 aromatic heterocycles. The van der Waals surface area contributed by atoms with Gasteiger partial charge in [-0.05, 0) is 70.8 Å². The van der Waals surface area contributed by atoms with Crippen LogP contribution in [-0.4, -0.2) is 19.1 Å². The maximum atomic E-state index is 5.46. The summed E-state index contributed by atoms with van der Waals surface area (Å²) in [6.07, 6.45) is 0. The van der Waals surface area contributed by atoms with E-state index < -0.39 is 0 Å². The fourth-order valence-corrected chi connectivity index (χ4v) is 8.19. The molecule has 0 bridgehead atoms. The van der Waals surface area contributed by atoms with Crippen LogP contribution in [0.2, 0.25) is 0 Å². The van der Waals surface area contributed by atoms with E-state index in [1.165, 1.54) is 38.2 Å². The van der Waals surface area contributed by atoms with Gasteiger partial charge in [0.2, 0.25) is 0 Å². The highest BCUT2D eigenvalue weighted by molar-refractivity contribution is 6.19. The van der Waals surface area contributed by atoms with Crippen LogP contribution in [0.3, 0.4) is 0 Å². The highest BCUT2D eigenvalue weighted by atomic mass is 15.1. The molecule has 11 rings (SSSR count). The molecule has 0 aliphatic carbocycles. The lowest BCUT2D eigenvalue weighted by Crippen LogP contribution is -2.04. The zero-order valence-corrected chi connectivity index (χ0v) is 29.3. The van der Waals surface area contributed by atoms with Crippen molar-refractivity contribution < 1.29 is 0 Å². The van der Waals surface area contributed by atoms with Crippen molar-refractivity contribution in [1.29, 1.82) is 0 Å². The number of hydrogen-bond acceptors (Lipinski definition) is 2. The molecule has 0 amide bonds. The SMILES string of the molecule is c1ccc(-c2cccc(-n3c4ccccc4c4cc5c(cc43)c3ccccc3n5-c3nc4ccc(-c5ccccc5)cc4nc3-c3ccccc3)c2)cc1. The Labute approximate surface area is 311 Å². The van der Waals surface area contributed by atoms with Crippen molar-refractivity contribution in [2.24, 2.45) is 0 Å². The van der Waals surface area contributed by atoms with Crippen LogP contribution in [0.25, 0.3) is 99.7 Å². The van der Waals surface area contributed by atoms with Gasteiger partial charge in [-0.25, -0.2) is 9.97 Å². The second-order valence-corrected chi connectivity index (χ2v) is 13.8. The van der Waals surface area contributed by atoms with Crippen LogP contribution in [0, 0.1) is 0 Å². The molecule has 0 saturated carbocycles. The fraction of sp³-hybridized carbons (Fsp3) is 0. The smallest absolute Gasteiger partial charge is 0.165 e. The molecule has 0 aliphatic rings. The van der Waals surface area contributed by atoms with Crippen LogP contribution in [0.15, 0.2) is 194 Å². The monoisotopic (exact) mass is 688 g/mol. The Morgan fingerprint density at radius 2 is 0.815 bits per heavy atom. The molecule has 0 fully saturated rings. The fourth-order valence-electron chi connectivity index (χ4n) is 8.19. The number of benzene rings is 8. The van der Waals surface area contributed by atoms with E-state index in [0.29, 0.717) is 0 Å². The molecule has 0 atom stereocenters. The summed E-state index contributed by atoms with van der Waals surface area (Å²) in [4.78, 5) is 10.9. The minimum atomic E-state index is 0.811. The molecule has 54 heavy (non-hydrogen) atoms. The molecule has 252 valence electrons. The molecular formula is C50H32N4. The van der Waals surface area contributed by atoms with Gasteiger partial charge in [-0.15, -0.1) is 0 Å². The Morgan fingerprint density at radius 1 is 0.296 bits per heavy atom. The summed E-state index contributed by atoms with van der Waals surface area (Å²) in [6, 6.07) is 68.9. The van der Waals surface area contributed by atoms with Crippen molar-refractivity contribution in [3.63, 3.8) is 0 Å². The van der Waals surface area contributed by atoms with Crippen LogP contribution < -0.4 is 0 Å². The Morgan fingerprint density at radius 3 is 1.46 bits per heavy atom. The van der Waals surface area contributed by atoms with Crippen LogP contribution in [0.1, 0.15) is 0 Å². The van der Waals surface area contributed by atoms with Crippen LogP contribution in [0.5, 0.6) is 0 Å². The van der Waals surface area contributed by atoms with Gasteiger partial charge in [0.1, 0.15) is 5.69 Å². The first-order valence-corrected chi connectivity index (χ1v) is 18.3. The van der Waals surface area contributed by atoms with Crippen molar-refractivity contribution in [3.05, 3.63) is 194 Å². The van der Waals surface area contributed by atoms with E-state index in [2.05, 4.69) is 191 Å². The molecule has 0 aliphatic heterocycles. The van der Waals surface area contributed by atoms with E-state index in [0.717, 1.165) is 61.5 Å². The third kappa shape index (κ3) is 4.78. The minimum Gasteiger partial charge on any atom is -0.309 e. The molecule has 0 N–H and O–H groups in total. The number of para-hydroxylation sites is 2. The number of aromatic nitrogens is 4. The molecule has 4 nitrogen and oxygen atoms in total. The molecule has 4 heteroatoms. The summed E-state index contributed by atoms with van der Waals surface area (Å²) in [5.74, 6) is 0.811. The lowest BCUT2D eigenvalue weighted by molar-refractivity contribution is 1.08. The lowest BCUT2D eigenvalue weighted by Gasteiger charge is -2.14. The first-order chi connectivity index (χ1) is 26.8. The maximum absolute atomic E-state index is 5.46. The highest BCUT2D eigenvalue weighted by Crippen LogP contribution is 2.41. The third-order valence-corrected chi connectivity index (χ3v) is 10.7. The van der Waals surface area contributed by atoms with Gasteiger partial charge >= 0.3 is 0 Å². The molecule has 0 saturated heterocycles. The lowest BCUT2D eigenvalue weighted by atomic mass is 10.0. The molecule has 0 unspecified atom stereocenters. The number of nitrogens with zero attached hydrogens (tertiary/aromatic N) is 4. The Hall–Kier alpha value is -7.30. The van der Waals surface area contributed by atoms with Gasteiger partial charge in [0, 0.05) is 32.8 Å². The topological polar surface area (TPSA) is 35.6 Å². The largest absolute Gasteiger partial charge is 0.309 e. The first-order valence-electron chi connectivity index (χ1n) is 18.3. The van der Waals surface area contributed by atoms with E-state index in [4.69, 9.17) is 9.97 Å². The quantitative estimate of drug-likeness (QED) is 0.180. The Kier molecular flexibility index (Phi) is 6.82. The molecule has 0 spiro atoms. The average Bonchev–Trinajstić information content (AvgIpc) is 3.75. The minimum absolute atomic E-state index is 0.811. The van der Waals surface area contributed by atoms with Crippen molar-refractivity contribution in [2.45, 2.75) is 0 Å². The standard InChI is InChI=1S/C50H32N4/c1-4-15-33(16-5-1)36-21-14-22-38(29-36)53-45-25-12-10-23-39(45)41-32-48-42(31-47(41)53)40-24-11-13-26-46(40)54(48)50-49(35-19-8-3-9-20-35)51-44-30-37(27-28-43(44)52-50)34-17-6-2-7-18-34/h1-32H. The van der Waals surface area contributed by atoms with Gasteiger partial charge in [0.25, 0.3) is 0 Å². The van der Waals surface area contributed by atoms with Crippen LogP contribution in [0.4, 0.5) is 0 Å². The Balaban J connectivity index is 1.20. The summed E-state index contributed by atoms with van der Waals surface area (Å²) in [5, 5.41) is 4.73. The summed E-state index contributed by atoms with van der Waals surface area (Å²) >= 11 is 0. The molecule has 11 aromatic rings. The van der Waals surface area contributed by atoms with Gasteiger partial charge < -0.3 is 4.57 Å². The second-order valence-electron chi connectivity index (χ2n) is 13.8. The highest BCUT2D eigenvalue weighted by Gasteiger charge is 2.22. The van der Waals surface area contributed by atoms with E-state index in [1.807, 2.05) is 12.1 Å². The van der Waals surface area contributed by atoms with Crippen LogP contribution in [-0.2, 0) is 0 Å². The normalized spacial score (nSPS) is 11.7. The summed E-state index contributed by atoms with van der Waals surface area (Å²) in [5.41, 5.74) is 13.9. The summed E-state index contributed by atoms with van der Waals surface area (Å²) in [6.45, 7) is 0. The van der Waals surface area contributed by atoms with Gasteiger partial charge in [-0.1, -0.05) is 146 Å². The predicted molar refractivity (Wildman–Crippen MR) is 225 cm³/mol. The number of hydrogen-bond donors (Lipinski definition) is 0. The van der Waals surface area contributed by atoms with Gasteiger partial charge in [0.05, 0.1) is 33.1 Å². The number of fused-ring (bicyclic) bond motifs is 7. The van der Waals surface area contributed by atoms with E-state index in [1.54, 1.807) is 0 Å². The Bertz CT molecular complexity index is 3200. The van der Waals surface area contributed by atoms with Crippen LogP contribution >= 0.6 is 0 Å². The summed E-state index contributed by atoms with van der Waals surface area (Å²) in [7, 11) is 0. The molecule has 8 aromatic carbocycles.